The average Bonchev–Trinajstić information content (AvgIpc) is 1.91. The Morgan fingerprint density at radius 1 is 1.78 bits per heavy atom. The molecule has 0 atom stereocenters. The van der Waals surface area contributed by atoms with Gasteiger partial charge in [-0.3, -0.25) is 0 Å². The minimum absolute atomic E-state index is 0. The standard InChI is InChI=1S/C3H3N3O.U.V/c1-6-3(7)4-2-5-6;;/h1H3;;/q-2;;. The topological polar surface area (TPSA) is 49.0 Å². The molecular formula is C3H3N3OUV-2. The molecule has 0 saturated carbocycles. The summed E-state index contributed by atoms with van der Waals surface area (Å²) in [6.45, 7) is 0. The first kappa shape index (κ1) is 12.3. The van der Waals surface area contributed by atoms with Crippen molar-refractivity contribution in [3.8, 4) is 0 Å². The Morgan fingerprint density at radius 3 is 2.44 bits per heavy atom. The van der Waals surface area contributed by atoms with Crippen molar-refractivity contribution in [1.82, 2.24) is 14.8 Å². The van der Waals surface area contributed by atoms with Crippen molar-refractivity contribution >= 4 is 0 Å². The smallest absolute Gasteiger partial charge is 0.0561 e. The Kier molecular flexibility index (Phi) is 7.32. The molecule has 1 radical (unpaired) electrons. The van der Waals surface area contributed by atoms with Crippen LogP contribution in [0.25, 0.3) is 0 Å². The molecule has 1 aromatic rings. The van der Waals surface area contributed by atoms with Gasteiger partial charge in [-0.25, -0.2) is 6.33 Å². The number of aryl methyl sites for hydroxylation is 1. The molecule has 6 heteroatoms. The van der Waals surface area contributed by atoms with Gasteiger partial charge >= 0.3 is 0 Å². The summed E-state index contributed by atoms with van der Waals surface area (Å²) in [6.07, 6.45) is 2.15. The zero-order valence-electron chi connectivity index (χ0n) is 4.70. The summed E-state index contributed by atoms with van der Waals surface area (Å²) >= 11 is 0. The molecule has 1 rings (SSSR count). The van der Waals surface area contributed by atoms with E-state index in [2.05, 4.69) is 16.4 Å². The van der Waals surface area contributed by atoms with Gasteiger partial charge in [-0.1, -0.05) is 0 Å². The molecule has 0 aromatic carbocycles. The van der Waals surface area contributed by atoms with Crippen molar-refractivity contribution in [2.75, 3.05) is 0 Å². The monoisotopic (exact) mass is 386 g/mol. The van der Waals surface area contributed by atoms with Crippen LogP contribution in [0.5, 0.6) is 0 Å². The Balaban J connectivity index is 0. The number of hydrogen-bond acceptors (Lipinski definition) is 2. The van der Waals surface area contributed by atoms with Crippen LogP contribution in [0.15, 0.2) is 4.79 Å². The largest absolute Gasteiger partial charge is 0.533 e. The fraction of sp³-hybridized carbons (Fsp3) is 0.333. The van der Waals surface area contributed by atoms with Gasteiger partial charge in [0.05, 0.1) is 5.69 Å². The summed E-state index contributed by atoms with van der Waals surface area (Å²) in [5.41, 5.74) is -0.361. The third kappa shape index (κ3) is 3.32. The zero-order chi connectivity index (χ0) is 5.28. The number of nitrogens with zero attached hydrogens (tertiary/aromatic N) is 3. The van der Waals surface area contributed by atoms with E-state index in [4.69, 9.17) is 0 Å². The molecule has 0 unspecified atom stereocenters. The van der Waals surface area contributed by atoms with Crippen molar-refractivity contribution < 1.29 is 49.7 Å². The van der Waals surface area contributed by atoms with E-state index >= 15 is 0 Å². The van der Waals surface area contributed by atoms with Gasteiger partial charge in [0.1, 0.15) is 0 Å². The van der Waals surface area contributed by atoms with Crippen LogP contribution in [0.4, 0.5) is 0 Å². The number of hydrogen-bond donors (Lipinski definition) is 0. The molecule has 1 heterocycles. The first-order valence-electron chi connectivity index (χ1n) is 1.75. The number of rotatable bonds is 0. The maximum atomic E-state index is 10.2. The van der Waals surface area contributed by atoms with Crippen LogP contribution in [-0.2, 0) is 25.6 Å². The van der Waals surface area contributed by atoms with E-state index in [-0.39, 0.29) is 55.4 Å². The quantitative estimate of drug-likeness (QED) is 0.513. The maximum Gasteiger partial charge on any atom is 0.0561 e. The summed E-state index contributed by atoms with van der Waals surface area (Å²) in [7, 11) is 1.52. The third-order valence-corrected chi connectivity index (χ3v) is 0.617. The van der Waals surface area contributed by atoms with Crippen LogP contribution < -0.4 is 10.7 Å². The molecule has 9 heavy (non-hydrogen) atoms. The summed E-state index contributed by atoms with van der Waals surface area (Å²) in [4.78, 5) is 13.4. The Morgan fingerprint density at radius 2 is 2.33 bits per heavy atom. The van der Waals surface area contributed by atoms with Crippen molar-refractivity contribution in [2.45, 2.75) is 0 Å². The van der Waals surface area contributed by atoms with Crippen molar-refractivity contribution in [3.05, 3.63) is 16.8 Å². The van der Waals surface area contributed by atoms with Crippen LogP contribution in [0.1, 0.15) is 0 Å². The molecule has 0 N–H and O–H groups in total. The van der Waals surface area contributed by atoms with Crippen LogP contribution >= 0.6 is 0 Å². The van der Waals surface area contributed by atoms with Crippen molar-refractivity contribution in [3.63, 3.8) is 0 Å². The van der Waals surface area contributed by atoms with E-state index in [9.17, 15) is 4.79 Å². The molecule has 0 aliphatic carbocycles. The van der Waals surface area contributed by atoms with Gasteiger partial charge in [0.15, 0.2) is 0 Å². The zero-order valence-corrected chi connectivity index (χ0v) is 10.3. The van der Waals surface area contributed by atoms with Crippen LogP contribution in [0.3, 0.4) is 0 Å². The fourth-order valence-electron chi connectivity index (χ4n) is 0.247. The molecule has 0 fully saturated rings. The molecule has 0 aliphatic rings. The van der Waals surface area contributed by atoms with E-state index in [1.807, 2.05) is 0 Å². The fourth-order valence-corrected chi connectivity index (χ4v) is 0.247. The molecule has 0 spiro atoms. The minimum Gasteiger partial charge on any atom is -0.533 e. The average molecular weight is 386 g/mol. The molecule has 0 amide bonds. The maximum absolute atomic E-state index is 10.2. The predicted octanol–water partition coefficient (Wildman–Crippen LogP) is -1.46. The molecule has 0 aliphatic heterocycles. The van der Waals surface area contributed by atoms with E-state index in [0.717, 1.165) is 4.68 Å². The van der Waals surface area contributed by atoms with E-state index in [0.29, 0.717) is 0 Å². The molecule has 0 bridgehead atoms. The van der Waals surface area contributed by atoms with Gasteiger partial charge in [-0.2, -0.15) is 0 Å². The normalized spacial score (nSPS) is 7.22. The SMILES string of the molecule is Cn1n[c-][n-]c1=O.[U].[V]. The molecule has 47 valence electrons. The summed E-state index contributed by atoms with van der Waals surface area (Å²) < 4.78 is 1.11. The first-order chi connectivity index (χ1) is 3.30. The molecule has 4 nitrogen and oxygen atoms in total. The third-order valence-electron chi connectivity index (χ3n) is 0.617. The summed E-state index contributed by atoms with van der Waals surface area (Å²) in [5.74, 6) is 0. The molecular weight excluding hydrogens is 383 g/mol. The van der Waals surface area contributed by atoms with Gasteiger partial charge in [-0.05, 0) is 7.05 Å². The Bertz CT molecular complexity index is 207. The minimum atomic E-state index is -0.361. The van der Waals surface area contributed by atoms with E-state index < -0.39 is 0 Å². The summed E-state index contributed by atoms with van der Waals surface area (Å²) in [5, 5.41) is 3.38. The van der Waals surface area contributed by atoms with Crippen LogP contribution in [0.2, 0.25) is 0 Å². The van der Waals surface area contributed by atoms with Gasteiger partial charge < -0.3 is 19.6 Å². The molecule has 0 saturated heterocycles. The van der Waals surface area contributed by atoms with Crippen LogP contribution in [-0.4, -0.2) is 9.78 Å². The van der Waals surface area contributed by atoms with Crippen LogP contribution in [0, 0.1) is 37.4 Å². The predicted molar refractivity (Wildman–Crippen MR) is 21.6 cm³/mol. The first-order valence-corrected chi connectivity index (χ1v) is 1.75. The Hall–Kier alpha value is 0.576. The number of aromatic nitrogens is 3. The molecule has 1 aromatic heterocycles. The van der Waals surface area contributed by atoms with Crippen molar-refractivity contribution in [2.24, 2.45) is 7.05 Å². The van der Waals surface area contributed by atoms with Gasteiger partial charge in [0.2, 0.25) is 0 Å². The van der Waals surface area contributed by atoms with Gasteiger partial charge in [0.25, 0.3) is 0 Å². The summed E-state index contributed by atoms with van der Waals surface area (Å²) in [6, 6.07) is 0. The second-order valence-corrected chi connectivity index (χ2v) is 1.12. The Labute approximate surface area is 87.7 Å². The second kappa shape index (κ2) is 5.37. The second-order valence-electron chi connectivity index (χ2n) is 1.12. The van der Waals surface area contributed by atoms with E-state index in [1.165, 1.54) is 7.05 Å². The van der Waals surface area contributed by atoms with E-state index in [1.54, 1.807) is 0 Å². The van der Waals surface area contributed by atoms with Gasteiger partial charge in [0, 0.05) is 49.7 Å². The van der Waals surface area contributed by atoms with Gasteiger partial charge in [-0.15, -0.1) is 0 Å². The van der Waals surface area contributed by atoms with Crippen molar-refractivity contribution in [1.29, 1.82) is 0 Å².